The first-order valence-corrected chi connectivity index (χ1v) is 51.2. The largest absolute Gasteiger partial charge is 0.302 e. The summed E-state index contributed by atoms with van der Waals surface area (Å²) in [6, 6.07) is 6.90. The van der Waals surface area contributed by atoms with Gasteiger partial charge in [0.15, 0.2) is 0 Å². The van der Waals surface area contributed by atoms with Gasteiger partial charge in [-0.3, -0.25) is 39.2 Å². The van der Waals surface area contributed by atoms with Crippen LogP contribution < -0.4 is 0 Å². The van der Waals surface area contributed by atoms with Crippen molar-refractivity contribution in [3.8, 4) is 0 Å². The molecule has 13 saturated heterocycles. The fourth-order valence-electron chi connectivity index (χ4n) is 18.9. The Hall–Kier alpha value is -0.480. The van der Waals surface area contributed by atoms with Gasteiger partial charge in [-0.25, -0.2) is 0 Å². The van der Waals surface area contributed by atoms with Crippen molar-refractivity contribution in [3.05, 3.63) is 0 Å². The Morgan fingerprint density at radius 1 is 0.158 bits per heavy atom. The summed E-state index contributed by atoms with van der Waals surface area (Å²) >= 11 is 0. The molecule has 0 aromatic carbocycles. The van der Waals surface area contributed by atoms with Gasteiger partial charge in [-0.2, -0.15) is 0 Å². The molecule has 0 aromatic heterocycles. The highest BCUT2D eigenvalue weighted by molar-refractivity contribution is 5.02. The van der Waals surface area contributed by atoms with Gasteiger partial charge in [0.25, 0.3) is 0 Å². The van der Waals surface area contributed by atoms with Gasteiger partial charge in [0.1, 0.15) is 0 Å². The summed E-state index contributed by atoms with van der Waals surface area (Å²) in [7, 11) is 0. The van der Waals surface area contributed by atoms with E-state index in [9.17, 15) is 0 Å². The van der Waals surface area contributed by atoms with Crippen molar-refractivity contribution in [1.29, 1.82) is 0 Å². The first-order chi connectivity index (χ1) is 54.4. The van der Waals surface area contributed by atoms with Crippen LogP contribution in [0.2, 0.25) is 0 Å². The standard InChI is InChI=1S/3C14H28N2.2C13H26N2.C12H26N2.11C2H6/c1-11(2)5-15-7-13-9-16(6-12(3)4)10-14(13)8-15;2*1-11(2)7-15-9-14-6-5-13(15)10-16(14)8-12(3)4;2*1-10(2)6-14-8-13-5-12(14)9-15(13)7-11(3)4;1-11(2)9-13-5-7-14(8-6-13)10-12(3)4;11*1-2/h3*11-14H,5-10H2,1-4H3;2*10-13H,5-9H2,1-4H3;11-12H,5-10H2,1-4H3;11*1-2H3. The molecule has 8 unspecified atom stereocenters. The first kappa shape index (κ1) is 124. The number of hydrogen-bond acceptors (Lipinski definition) is 12. The van der Waals surface area contributed by atoms with E-state index in [2.05, 4.69) is 225 Å². The first-order valence-electron chi connectivity index (χ1n) is 51.2. The highest BCUT2D eigenvalue weighted by Gasteiger charge is 2.45. The third kappa shape index (κ3) is 53.5. The SMILES string of the molecule is CC.CC.CC.CC.CC.CC.CC.CC.CC.CC.CC.CC(C)CN1CC2CC1CN2CC(C)C.CC(C)CN1CC2CC1CN2CC(C)C.CC(C)CN1CC2CCC1CN2CC(C)C.CC(C)CN1CC2CCC1CN2CC(C)C.CC(C)CN1CC2CN(CC(C)C)CC2C1.CC(C)CN1CCN(CC(C)C)CC1. The van der Waals surface area contributed by atoms with Crippen molar-refractivity contribution in [2.24, 2.45) is 82.9 Å². The van der Waals surface area contributed by atoms with Gasteiger partial charge in [0.05, 0.1) is 0 Å². The van der Waals surface area contributed by atoms with Crippen LogP contribution in [0.3, 0.4) is 0 Å². The lowest BCUT2D eigenvalue weighted by molar-refractivity contribution is -0.0302. The summed E-state index contributed by atoms with van der Waals surface area (Å²) in [5.74, 6) is 11.8. The molecule has 12 heteroatoms. The van der Waals surface area contributed by atoms with Crippen LogP contribution in [-0.2, 0) is 0 Å². The highest BCUT2D eigenvalue weighted by Crippen LogP contribution is 2.36. The summed E-state index contributed by atoms with van der Waals surface area (Å²) < 4.78 is 0. The predicted molar refractivity (Wildman–Crippen MR) is 526 cm³/mol. The smallest absolute Gasteiger partial charge is 0.0239 e. The summed E-state index contributed by atoms with van der Waals surface area (Å²) in [4.78, 5) is 32.4. The fourth-order valence-corrected chi connectivity index (χ4v) is 18.9. The van der Waals surface area contributed by atoms with E-state index < -0.39 is 0 Å². The molecule has 114 heavy (non-hydrogen) atoms. The highest BCUT2D eigenvalue weighted by atomic mass is 15.4. The summed E-state index contributed by atoms with van der Waals surface area (Å²) in [5.41, 5.74) is 0. The van der Waals surface area contributed by atoms with Crippen LogP contribution in [0.1, 0.15) is 357 Å². The van der Waals surface area contributed by atoms with Gasteiger partial charge >= 0.3 is 0 Å². The van der Waals surface area contributed by atoms with Crippen LogP contribution in [-0.4, -0.2) is 290 Å². The van der Waals surface area contributed by atoms with Crippen LogP contribution in [0.5, 0.6) is 0 Å². The van der Waals surface area contributed by atoms with Crippen molar-refractivity contribution in [2.75, 3.05) is 183 Å². The van der Waals surface area contributed by atoms with E-state index >= 15 is 0 Å². The molecule has 0 aliphatic carbocycles. The molecule has 0 aromatic rings. The fraction of sp³-hybridized carbons (Fsp3) is 1.00. The maximum atomic E-state index is 2.75. The zero-order valence-corrected chi connectivity index (χ0v) is 88.1. The Balaban J connectivity index is -0.000000292. The molecular formula is C102H228N12. The summed E-state index contributed by atoms with van der Waals surface area (Å²) in [6.45, 7) is 137. The van der Waals surface area contributed by atoms with Crippen LogP contribution >= 0.6 is 0 Å². The van der Waals surface area contributed by atoms with Crippen molar-refractivity contribution in [3.63, 3.8) is 0 Å². The van der Waals surface area contributed by atoms with Gasteiger partial charge in [-0.05, 0) is 121 Å². The molecule has 0 amide bonds. The maximum absolute atomic E-state index is 2.75. The van der Waals surface area contributed by atoms with E-state index in [1.807, 2.05) is 152 Å². The quantitative estimate of drug-likeness (QED) is 0.0924. The summed E-state index contributed by atoms with van der Waals surface area (Å²) in [5, 5.41) is 0. The lowest BCUT2D eigenvalue weighted by Crippen LogP contribution is -2.63. The van der Waals surface area contributed by atoms with Crippen LogP contribution in [0.25, 0.3) is 0 Å². The van der Waals surface area contributed by atoms with Crippen molar-refractivity contribution in [2.45, 2.75) is 405 Å². The van der Waals surface area contributed by atoms with Crippen LogP contribution in [0.4, 0.5) is 0 Å². The monoisotopic (exact) mass is 1620 g/mol. The molecule has 0 radical (unpaired) electrons. The number of fused-ring (bicyclic) bond motifs is 11. The lowest BCUT2D eigenvalue weighted by atomic mass is 9.89. The second-order valence-corrected chi connectivity index (χ2v) is 37.8. The van der Waals surface area contributed by atoms with E-state index in [0.717, 1.165) is 131 Å². The van der Waals surface area contributed by atoms with Gasteiger partial charge in [-0.1, -0.05) is 318 Å². The van der Waals surface area contributed by atoms with E-state index in [0.29, 0.717) is 0 Å². The molecule has 13 rings (SSSR count). The number of likely N-dealkylation sites (tertiary alicyclic amines) is 6. The molecule has 8 bridgehead atoms. The van der Waals surface area contributed by atoms with Crippen molar-refractivity contribution >= 4 is 0 Å². The number of nitrogens with zero attached hydrogens (tertiary/aromatic N) is 12. The second kappa shape index (κ2) is 76.2. The van der Waals surface area contributed by atoms with Gasteiger partial charge < -0.3 is 19.6 Å². The van der Waals surface area contributed by atoms with Gasteiger partial charge in [-0.15, -0.1) is 0 Å². The van der Waals surface area contributed by atoms with Gasteiger partial charge in [0.2, 0.25) is 0 Å². The molecule has 13 aliphatic rings. The Kier molecular flexibility index (Phi) is 83.1. The predicted octanol–water partition coefficient (Wildman–Crippen LogP) is 24.4. The average molecular weight is 1620 g/mol. The molecule has 696 valence electrons. The van der Waals surface area contributed by atoms with E-state index in [1.165, 1.54) is 222 Å². The van der Waals surface area contributed by atoms with E-state index in [4.69, 9.17) is 0 Å². The van der Waals surface area contributed by atoms with E-state index in [1.54, 1.807) is 0 Å². The minimum atomic E-state index is 0.812. The number of piperidine rings is 4. The zero-order chi connectivity index (χ0) is 89.7. The lowest BCUT2D eigenvalue weighted by Gasteiger charge is -2.52. The number of piperazine rings is 5. The van der Waals surface area contributed by atoms with Gasteiger partial charge in [0, 0.05) is 232 Å². The van der Waals surface area contributed by atoms with Crippen molar-refractivity contribution in [1.82, 2.24) is 58.8 Å². The third-order valence-electron chi connectivity index (χ3n) is 21.8. The maximum Gasteiger partial charge on any atom is 0.0239 e. The minimum absolute atomic E-state index is 0.812. The minimum Gasteiger partial charge on any atom is -0.302 e. The molecule has 0 N–H and O–H groups in total. The van der Waals surface area contributed by atoms with Crippen LogP contribution in [0.15, 0.2) is 0 Å². The molecule has 0 spiro atoms. The Morgan fingerprint density at radius 2 is 0.281 bits per heavy atom. The average Bonchev–Trinajstić information content (AvgIpc) is 1.76. The number of hydrogen-bond donors (Lipinski definition) is 0. The van der Waals surface area contributed by atoms with Crippen LogP contribution in [0, 0.1) is 82.9 Å². The zero-order valence-electron chi connectivity index (χ0n) is 88.1. The topological polar surface area (TPSA) is 38.9 Å². The normalized spacial score (nSPS) is 25.1. The molecule has 13 aliphatic heterocycles. The summed E-state index contributed by atoms with van der Waals surface area (Å²) in [6.07, 6.45) is 8.61. The Labute approximate surface area is 726 Å². The third-order valence-corrected chi connectivity index (χ3v) is 21.8. The molecular weight excluding hydrogens is 1390 g/mol. The Morgan fingerprint density at radius 3 is 0.404 bits per heavy atom. The molecule has 13 heterocycles. The molecule has 12 nitrogen and oxygen atoms in total. The Bertz CT molecular complexity index is 1710. The van der Waals surface area contributed by atoms with Crippen molar-refractivity contribution < 1.29 is 0 Å². The molecule has 13 fully saturated rings. The van der Waals surface area contributed by atoms with E-state index in [-0.39, 0.29) is 0 Å². The molecule has 0 saturated carbocycles. The number of rotatable bonds is 24. The second-order valence-electron chi connectivity index (χ2n) is 37.8. The molecule has 8 atom stereocenters.